The highest BCUT2D eigenvalue weighted by Crippen LogP contribution is 2.37. The second kappa shape index (κ2) is 9.71. The number of rotatable bonds is 8. The van der Waals surface area contributed by atoms with Crippen molar-refractivity contribution in [2.24, 2.45) is 0 Å². The van der Waals surface area contributed by atoms with Crippen molar-refractivity contribution in [3.63, 3.8) is 0 Å². The molecule has 0 saturated heterocycles. The van der Waals surface area contributed by atoms with E-state index in [4.69, 9.17) is 14.5 Å². The van der Waals surface area contributed by atoms with E-state index in [1.54, 1.807) is 11.3 Å². The van der Waals surface area contributed by atoms with Crippen molar-refractivity contribution in [2.45, 2.75) is 27.3 Å². The summed E-state index contributed by atoms with van der Waals surface area (Å²) in [6.45, 7) is 7.93. The van der Waals surface area contributed by atoms with Crippen LogP contribution < -0.4 is 14.8 Å². The molecule has 4 rings (SSSR count). The normalized spacial score (nSPS) is 11.0. The van der Waals surface area contributed by atoms with Gasteiger partial charge in [0.2, 0.25) is 0 Å². The number of hydrogen-bond donors (Lipinski definition) is 1. The van der Waals surface area contributed by atoms with Crippen molar-refractivity contribution in [3.8, 4) is 22.1 Å². The number of aromatic nitrogens is 1. The van der Waals surface area contributed by atoms with E-state index in [1.165, 1.54) is 10.3 Å². The fourth-order valence-corrected chi connectivity index (χ4v) is 5.03. The van der Waals surface area contributed by atoms with Crippen molar-refractivity contribution in [2.75, 3.05) is 18.5 Å². The Balaban J connectivity index is 1.48. The topological polar surface area (TPSA) is 43.4 Å². The smallest absolute Gasteiger partial charge is 0.175 e. The van der Waals surface area contributed by atoms with Gasteiger partial charge in [0.05, 0.1) is 27.9 Å². The van der Waals surface area contributed by atoms with Gasteiger partial charge in [0, 0.05) is 17.8 Å². The van der Waals surface area contributed by atoms with Crippen LogP contribution in [0.3, 0.4) is 0 Å². The van der Waals surface area contributed by atoms with Crippen molar-refractivity contribution < 1.29 is 9.47 Å². The quantitative estimate of drug-likeness (QED) is 0.275. The minimum absolute atomic E-state index is 0.593. The fourth-order valence-electron chi connectivity index (χ4n) is 3.36. The molecule has 160 valence electrons. The Morgan fingerprint density at radius 1 is 0.968 bits per heavy atom. The van der Waals surface area contributed by atoms with Crippen molar-refractivity contribution in [1.29, 1.82) is 0 Å². The molecular formula is C25H25BrN2O2S. The van der Waals surface area contributed by atoms with Gasteiger partial charge in [-0.15, -0.1) is 11.3 Å². The molecule has 4 aromatic rings. The number of nitrogens with zero attached hydrogens (tertiary/aromatic N) is 1. The molecule has 0 radical (unpaired) electrons. The van der Waals surface area contributed by atoms with Crippen LogP contribution in [0.5, 0.6) is 11.5 Å². The van der Waals surface area contributed by atoms with E-state index in [9.17, 15) is 0 Å². The van der Waals surface area contributed by atoms with Gasteiger partial charge in [-0.3, -0.25) is 0 Å². The Labute approximate surface area is 195 Å². The zero-order valence-corrected chi connectivity index (χ0v) is 20.3. The molecule has 3 aromatic carbocycles. The van der Waals surface area contributed by atoms with Gasteiger partial charge < -0.3 is 14.8 Å². The molecule has 0 saturated carbocycles. The molecule has 0 aliphatic rings. The van der Waals surface area contributed by atoms with E-state index in [2.05, 4.69) is 76.7 Å². The highest BCUT2D eigenvalue weighted by molar-refractivity contribution is 9.10. The zero-order valence-electron chi connectivity index (χ0n) is 17.9. The summed E-state index contributed by atoms with van der Waals surface area (Å²) in [5.41, 5.74) is 5.62. The molecule has 0 amide bonds. The highest BCUT2D eigenvalue weighted by atomic mass is 79.9. The lowest BCUT2D eigenvalue weighted by Gasteiger charge is -2.15. The molecule has 1 aromatic heterocycles. The third-order valence-electron chi connectivity index (χ3n) is 4.83. The SMILES string of the molecule is CCOc1cc(CNc2ccc(-c3nc4ccc(C)cc4s3)cc2)cc(Br)c1OCC. The lowest BCUT2D eigenvalue weighted by molar-refractivity contribution is 0.286. The maximum Gasteiger partial charge on any atom is 0.175 e. The number of halogens is 1. The van der Waals surface area contributed by atoms with Gasteiger partial charge in [0.1, 0.15) is 5.01 Å². The summed E-state index contributed by atoms with van der Waals surface area (Å²) in [7, 11) is 0. The first kappa shape index (κ1) is 21.7. The first-order valence-electron chi connectivity index (χ1n) is 10.4. The molecule has 6 heteroatoms. The Hall–Kier alpha value is -2.57. The molecule has 0 aliphatic carbocycles. The van der Waals surface area contributed by atoms with Crippen LogP contribution in [0.1, 0.15) is 25.0 Å². The molecule has 4 nitrogen and oxygen atoms in total. The van der Waals surface area contributed by atoms with Crippen LogP contribution in [0.2, 0.25) is 0 Å². The fraction of sp³-hybridized carbons (Fsp3) is 0.240. The van der Waals surface area contributed by atoms with E-state index in [0.29, 0.717) is 19.8 Å². The van der Waals surface area contributed by atoms with Crippen molar-refractivity contribution >= 4 is 43.2 Å². The Morgan fingerprint density at radius 3 is 2.48 bits per heavy atom. The summed E-state index contributed by atoms with van der Waals surface area (Å²) in [6.07, 6.45) is 0. The van der Waals surface area contributed by atoms with Crippen LogP contribution >= 0.6 is 27.3 Å². The largest absolute Gasteiger partial charge is 0.490 e. The minimum atomic E-state index is 0.593. The number of benzene rings is 3. The minimum Gasteiger partial charge on any atom is -0.490 e. The predicted molar refractivity (Wildman–Crippen MR) is 134 cm³/mol. The van der Waals surface area contributed by atoms with Gasteiger partial charge in [-0.25, -0.2) is 4.98 Å². The van der Waals surface area contributed by atoms with Crippen molar-refractivity contribution in [3.05, 3.63) is 70.2 Å². The molecule has 0 bridgehead atoms. The third kappa shape index (κ3) is 5.02. The lowest BCUT2D eigenvalue weighted by Crippen LogP contribution is -2.03. The number of anilines is 1. The van der Waals surface area contributed by atoms with E-state index in [1.807, 2.05) is 19.9 Å². The van der Waals surface area contributed by atoms with Crippen LogP contribution in [-0.4, -0.2) is 18.2 Å². The monoisotopic (exact) mass is 496 g/mol. The van der Waals surface area contributed by atoms with Gasteiger partial charge in [0.15, 0.2) is 11.5 Å². The Kier molecular flexibility index (Phi) is 6.78. The molecule has 0 fully saturated rings. The molecule has 1 N–H and O–H groups in total. The number of fused-ring (bicyclic) bond motifs is 1. The second-order valence-corrected chi connectivity index (χ2v) is 9.08. The lowest BCUT2D eigenvalue weighted by atomic mass is 10.1. The number of hydrogen-bond acceptors (Lipinski definition) is 5. The van der Waals surface area contributed by atoms with Gasteiger partial charge in [-0.05, 0) is 96.4 Å². The molecule has 31 heavy (non-hydrogen) atoms. The second-order valence-electron chi connectivity index (χ2n) is 7.19. The average molecular weight is 497 g/mol. The molecule has 0 atom stereocenters. The number of ether oxygens (including phenoxy) is 2. The van der Waals surface area contributed by atoms with Gasteiger partial charge >= 0.3 is 0 Å². The average Bonchev–Trinajstić information content (AvgIpc) is 3.18. The van der Waals surface area contributed by atoms with Gasteiger partial charge in [-0.1, -0.05) is 6.07 Å². The maximum atomic E-state index is 5.77. The Bertz CT molecular complexity index is 1190. The first-order valence-corrected chi connectivity index (χ1v) is 12.0. The maximum absolute atomic E-state index is 5.77. The van der Waals surface area contributed by atoms with Crippen LogP contribution in [0, 0.1) is 6.92 Å². The highest BCUT2D eigenvalue weighted by Gasteiger charge is 2.12. The summed E-state index contributed by atoms with van der Waals surface area (Å²) in [5.74, 6) is 1.51. The van der Waals surface area contributed by atoms with Crippen LogP contribution in [0.15, 0.2) is 59.1 Å². The molecule has 0 aliphatic heterocycles. The van der Waals surface area contributed by atoms with Crippen LogP contribution in [0.4, 0.5) is 5.69 Å². The summed E-state index contributed by atoms with van der Waals surface area (Å²) in [4.78, 5) is 4.77. The van der Waals surface area contributed by atoms with Gasteiger partial charge in [0.25, 0.3) is 0 Å². The van der Waals surface area contributed by atoms with Gasteiger partial charge in [-0.2, -0.15) is 0 Å². The van der Waals surface area contributed by atoms with Crippen molar-refractivity contribution in [1.82, 2.24) is 4.98 Å². The molecule has 0 spiro atoms. The summed E-state index contributed by atoms with van der Waals surface area (Å²) < 4.78 is 13.6. The summed E-state index contributed by atoms with van der Waals surface area (Å²) >= 11 is 5.34. The number of aryl methyl sites for hydroxylation is 1. The van der Waals surface area contributed by atoms with E-state index < -0.39 is 0 Å². The third-order valence-corrected chi connectivity index (χ3v) is 6.49. The van der Waals surface area contributed by atoms with Crippen LogP contribution in [0.25, 0.3) is 20.8 Å². The molecule has 1 heterocycles. The summed E-state index contributed by atoms with van der Waals surface area (Å²) in [6, 6.07) is 18.9. The van der Waals surface area contributed by atoms with E-state index in [0.717, 1.165) is 43.3 Å². The Morgan fingerprint density at radius 2 is 1.74 bits per heavy atom. The molecule has 0 unspecified atom stereocenters. The summed E-state index contributed by atoms with van der Waals surface area (Å²) in [5, 5.41) is 4.53. The van der Waals surface area contributed by atoms with Crippen LogP contribution in [-0.2, 0) is 6.54 Å². The zero-order chi connectivity index (χ0) is 21.8. The number of thiazole rings is 1. The number of nitrogens with one attached hydrogen (secondary N) is 1. The molecular weight excluding hydrogens is 472 g/mol. The first-order chi connectivity index (χ1) is 15.1. The van der Waals surface area contributed by atoms with E-state index in [-0.39, 0.29) is 0 Å². The standard InChI is InChI=1S/C25H25BrN2O2S/c1-4-29-22-14-17(13-20(26)24(22)30-5-2)15-27-19-9-7-18(8-10-19)25-28-21-11-6-16(3)12-23(21)31-25/h6-14,27H,4-5,15H2,1-3H3. The predicted octanol–water partition coefficient (Wildman–Crippen LogP) is 7.44. The van der Waals surface area contributed by atoms with E-state index >= 15 is 0 Å².